The molecule has 0 amide bonds. The SMILES string of the molecule is COc1cc(C)c(C(=O)C2(N(C)C)CCCCC2)cc1C. The van der Waals surface area contributed by atoms with E-state index in [1.165, 1.54) is 6.42 Å². The first kappa shape index (κ1) is 16.0. The van der Waals surface area contributed by atoms with Gasteiger partial charge in [-0.25, -0.2) is 0 Å². The van der Waals surface area contributed by atoms with E-state index in [2.05, 4.69) is 4.90 Å². The fraction of sp³-hybridized carbons (Fsp3) is 0.611. The molecule has 0 heterocycles. The third-order valence-electron chi connectivity index (χ3n) is 4.95. The topological polar surface area (TPSA) is 29.5 Å². The standard InChI is InChI=1S/C18H27NO2/c1-13-12-16(21-5)14(2)11-15(13)17(20)18(19(3)4)9-7-6-8-10-18/h11-12H,6-10H2,1-5H3. The second-order valence-corrected chi connectivity index (χ2v) is 6.45. The first-order chi connectivity index (χ1) is 9.92. The molecule has 1 aromatic rings. The zero-order valence-corrected chi connectivity index (χ0v) is 14.0. The van der Waals surface area contributed by atoms with Crippen molar-refractivity contribution < 1.29 is 9.53 Å². The van der Waals surface area contributed by atoms with Crippen molar-refractivity contribution in [1.82, 2.24) is 4.90 Å². The number of hydrogen-bond donors (Lipinski definition) is 0. The number of carbonyl (C=O) groups excluding carboxylic acids is 1. The molecule has 3 nitrogen and oxygen atoms in total. The summed E-state index contributed by atoms with van der Waals surface area (Å²) in [5.74, 6) is 1.13. The summed E-state index contributed by atoms with van der Waals surface area (Å²) in [5, 5.41) is 0. The van der Waals surface area contributed by atoms with Crippen molar-refractivity contribution in [1.29, 1.82) is 0 Å². The van der Waals surface area contributed by atoms with Crippen LogP contribution in [0.2, 0.25) is 0 Å². The van der Waals surface area contributed by atoms with Gasteiger partial charge in [0.25, 0.3) is 0 Å². The zero-order valence-electron chi connectivity index (χ0n) is 14.0. The van der Waals surface area contributed by atoms with Gasteiger partial charge in [-0.1, -0.05) is 19.3 Å². The van der Waals surface area contributed by atoms with E-state index in [0.29, 0.717) is 0 Å². The highest BCUT2D eigenvalue weighted by Gasteiger charge is 2.42. The monoisotopic (exact) mass is 289 g/mol. The van der Waals surface area contributed by atoms with Crippen LogP contribution in [0, 0.1) is 13.8 Å². The van der Waals surface area contributed by atoms with Crippen LogP contribution in [0.3, 0.4) is 0 Å². The van der Waals surface area contributed by atoms with Gasteiger partial charge in [0.15, 0.2) is 5.78 Å². The number of rotatable bonds is 4. The third kappa shape index (κ3) is 2.84. The van der Waals surface area contributed by atoms with Crippen LogP contribution in [0.5, 0.6) is 5.75 Å². The van der Waals surface area contributed by atoms with Crippen molar-refractivity contribution in [3.8, 4) is 5.75 Å². The second-order valence-electron chi connectivity index (χ2n) is 6.45. The minimum Gasteiger partial charge on any atom is -0.496 e. The van der Waals surface area contributed by atoms with Gasteiger partial charge in [-0.3, -0.25) is 9.69 Å². The molecule has 1 aliphatic rings. The van der Waals surface area contributed by atoms with E-state index in [9.17, 15) is 4.79 Å². The summed E-state index contributed by atoms with van der Waals surface area (Å²) in [7, 11) is 5.75. The molecule has 3 heteroatoms. The van der Waals surface area contributed by atoms with E-state index in [-0.39, 0.29) is 11.3 Å². The quantitative estimate of drug-likeness (QED) is 0.790. The summed E-state index contributed by atoms with van der Waals surface area (Å²) in [5.41, 5.74) is 2.55. The molecule has 0 aliphatic heterocycles. The highest BCUT2D eigenvalue weighted by Crippen LogP contribution is 2.36. The summed E-state index contributed by atoms with van der Waals surface area (Å²) in [6.45, 7) is 4.00. The molecule has 1 aliphatic carbocycles. The normalized spacial score (nSPS) is 17.8. The Balaban J connectivity index is 2.44. The molecule has 0 unspecified atom stereocenters. The molecule has 0 atom stereocenters. The van der Waals surface area contributed by atoms with Crippen LogP contribution in [-0.4, -0.2) is 37.4 Å². The zero-order chi connectivity index (χ0) is 15.6. The van der Waals surface area contributed by atoms with Gasteiger partial charge < -0.3 is 4.74 Å². The Bertz CT molecular complexity index is 528. The average molecular weight is 289 g/mol. The maximum absolute atomic E-state index is 13.3. The van der Waals surface area contributed by atoms with Crippen molar-refractivity contribution in [2.24, 2.45) is 0 Å². The Morgan fingerprint density at radius 2 is 1.71 bits per heavy atom. The van der Waals surface area contributed by atoms with Crippen LogP contribution in [-0.2, 0) is 0 Å². The number of aryl methyl sites for hydroxylation is 2. The number of ether oxygens (including phenoxy) is 1. The molecule has 0 aromatic heterocycles. The Hall–Kier alpha value is -1.35. The highest BCUT2D eigenvalue weighted by atomic mass is 16.5. The summed E-state index contributed by atoms with van der Waals surface area (Å²) in [6, 6.07) is 3.98. The smallest absolute Gasteiger partial charge is 0.183 e. The van der Waals surface area contributed by atoms with Crippen LogP contribution in [0.25, 0.3) is 0 Å². The molecule has 21 heavy (non-hydrogen) atoms. The maximum Gasteiger partial charge on any atom is 0.183 e. The Labute approximate surface area is 128 Å². The van der Waals surface area contributed by atoms with Crippen molar-refractivity contribution in [3.63, 3.8) is 0 Å². The summed E-state index contributed by atoms with van der Waals surface area (Å²) in [6.07, 6.45) is 5.44. The lowest BCUT2D eigenvalue weighted by atomic mass is 9.75. The number of benzene rings is 1. The number of carbonyl (C=O) groups is 1. The molecule has 116 valence electrons. The average Bonchev–Trinajstić information content (AvgIpc) is 2.49. The van der Waals surface area contributed by atoms with Crippen molar-refractivity contribution in [2.45, 2.75) is 51.5 Å². The van der Waals surface area contributed by atoms with E-state index in [0.717, 1.165) is 48.1 Å². The molecule has 0 N–H and O–H groups in total. The fourth-order valence-electron chi connectivity index (χ4n) is 3.52. The molecule has 0 spiro atoms. The number of likely N-dealkylation sites (N-methyl/N-ethyl adjacent to an activating group) is 1. The number of methoxy groups -OCH3 is 1. The first-order valence-corrected chi connectivity index (χ1v) is 7.80. The van der Waals surface area contributed by atoms with Gasteiger partial charge in [-0.05, 0) is 64.0 Å². The van der Waals surface area contributed by atoms with Crippen LogP contribution in [0.15, 0.2) is 12.1 Å². The Morgan fingerprint density at radius 3 is 2.24 bits per heavy atom. The molecule has 0 bridgehead atoms. The summed E-state index contributed by atoms with van der Waals surface area (Å²) < 4.78 is 5.36. The van der Waals surface area contributed by atoms with Crippen LogP contribution < -0.4 is 4.74 Å². The van der Waals surface area contributed by atoms with Gasteiger partial charge in [0.1, 0.15) is 5.75 Å². The number of nitrogens with zero attached hydrogens (tertiary/aromatic N) is 1. The molecule has 0 saturated heterocycles. The largest absolute Gasteiger partial charge is 0.496 e. The molecular formula is C18H27NO2. The van der Waals surface area contributed by atoms with E-state index >= 15 is 0 Å². The molecule has 1 fully saturated rings. The van der Waals surface area contributed by atoms with Gasteiger partial charge in [0.2, 0.25) is 0 Å². The summed E-state index contributed by atoms with van der Waals surface area (Å²) >= 11 is 0. The van der Waals surface area contributed by atoms with Crippen molar-refractivity contribution in [2.75, 3.05) is 21.2 Å². The second kappa shape index (κ2) is 6.18. The minimum absolute atomic E-state index is 0.274. The van der Waals surface area contributed by atoms with Gasteiger partial charge in [0, 0.05) is 5.56 Å². The lowest BCUT2D eigenvalue weighted by molar-refractivity contribution is 0.0563. The van der Waals surface area contributed by atoms with Gasteiger partial charge in [-0.2, -0.15) is 0 Å². The van der Waals surface area contributed by atoms with E-state index < -0.39 is 0 Å². The predicted molar refractivity (Wildman–Crippen MR) is 86.3 cm³/mol. The minimum atomic E-state index is -0.329. The molecule has 1 aromatic carbocycles. The van der Waals surface area contributed by atoms with Crippen molar-refractivity contribution in [3.05, 3.63) is 28.8 Å². The predicted octanol–water partition coefficient (Wildman–Crippen LogP) is 3.76. The van der Waals surface area contributed by atoms with E-state index in [4.69, 9.17) is 4.74 Å². The van der Waals surface area contributed by atoms with E-state index in [1.807, 2.05) is 40.1 Å². The molecule has 0 radical (unpaired) electrons. The van der Waals surface area contributed by atoms with Gasteiger partial charge in [-0.15, -0.1) is 0 Å². The van der Waals surface area contributed by atoms with Crippen LogP contribution in [0.4, 0.5) is 0 Å². The molecular weight excluding hydrogens is 262 g/mol. The van der Waals surface area contributed by atoms with E-state index in [1.54, 1.807) is 7.11 Å². The number of hydrogen-bond acceptors (Lipinski definition) is 3. The third-order valence-corrected chi connectivity index (χ3v) is 4.95. The van der Waals surface area contributed by atoms with Crippen LogP contribution >= 0.6 is 0 Å². The molecule has 2 rings (SSSR count). The summed E-state index contributed by atoms with van der Waals surface area (Å²) in [4.78, 5) is 15.4. The highest BCUT2D eigenvalue weighted by molar-refractivity contribution is 6.04. The van der Waals surface area contributed by atoms with Gasteiger partial charge in [0.05, 0.1) is 12.6 Å². The first-order valence-electron chi connectivity index (χ1n) is 7.80. The van der Waals surface area contributed by atoms with Crippen LogP contribution in [0.1, 0.15) is 53.6 Å². The fourth-order valence-corrected chi connectivity index (χ4v) is 3.52. The maximum atomic E-state index is 13.3. The lowest BCUT2D eigenvalue weighted by Gasteiger charge is -2.42. The number of ketones is 1. The van der Waals surface area contributed by atoms with Gasteiger partial charge >= 0.3 is 0 Å². The lowest BCUT2D eigenvalue weighted by Crippen LogP contribution is -2.52. The Morgan fingerprint density at radius 1 is 1.10 bits per heavy atom. The Kier molecular flexibility index (Phi) is 4.72. The number of Topliss-reactive ketones (excluding diaryl/α,β-unsaturated/α-hetero) is 1. The van der Waals surface area contributed by atoms with Crippen molar-refractivity contribution >= 4 is 5.78 Å². The molecule has 1 saturated carbocycles.